The Hall–Kier alpha value is -2.40. The molecule has 1 unspecified atom stereocenters. The number of hydrogen-bond acceptors (Lipinski definition) is 3. The minimum Gasteiger partial charge on any atom is -0.387 e. The number of aromatic nitrogens is 2. The molecular formula is C16H18N2O3. The fraction of sp³-hybridized carbons (Fsp3) is 0.250. The van der Waals surface area contributed by atoms with Gasteiger partial charge in [-0.25, -0.2) is 4.79 Å². The van der Waals surface area contributed by atoms with E-state index in [4.69, 9.17) is 0 Å². The maximum atomic E-state index is 12.3. The summed E-state index contributed by atoms with van der Waals surface area (Å²) in [7, 11) is 0. The standard InChI is InChI=1S/C16H18N2O3/c1-3-9-17-10-12(2)15(20)18(16(17)21)11-14(19)13-7-5-4-6-8-13/h3-8,10,14,19H,1,9,11H2,2H3. The zero-order valence-corrected chi connectivity index (χ0v) is 11.9. The van der Waals surface area contributed by atoms with Crippen LogP contribution < -0.4 is 11.2 Å². The summed E-state index contributed by atoms with van der Waals surface area (Å²) in [6.07, 6.45) is 2.19. The molecule has 1 atom stereocenters. The van der Waals surface area contributed by atoms with E-state index in [1.165, 1.54) is 10.8 Å². The molecule has 0 bridgehead atoms. The third-order valence-electron chi connectivity index (χ3n) is 3.27. The van der Waals surface area contributed by atoms with Crippen molar-refractivity contribution >= 4 is 0 Å². The summed E-state index contributed by atoms with van der Waals surface area (Å²) >= 11 is 0. The van der Waals surface area contributed by atoms with E-state index in [0.717, 1.165) is 4.57 Å². The first-order chi connectivity index (χ1) is 10.0. The second-order valence-corrected chi connectivity index (χ2v) is 4.88. The Morgan fingerprint density at radius 1 is 1.29 bits per heavy atom. The number of nitrogens with zero attached hydrogens (tertiary/aromatic N) is 2. The number of allylic oxidation sites excluding steroid dienone is 1. The maximum Gasteiger partial charge on any atom is 0.331 e. The lowest BCUT2D eigenvalue weighted by atomic mass is 10.1. The molecule has 1 aromatic heterocycles. The van der Waals surface area contributed by atoms with Crippen LogP contribution in [-0.4, -0.2) is 14.2 Å². The van der Waals surface area contributed by atoms with E-state index in [9.17, 15) is 14.7 Å². The molecular weight excluding hydrogens is 268 g/mol. The third-order valence-corrected chi connectivity index (χ3v) is 3.27. The summed E-state index contributed by atoms with van der Waals surface area (Å²) in [5.74, 6) is 0. The first kappa shape index (κ1) is 15.0. The smallest absolute Gasteiger partial charge is 0.331 e. The molecule has 0 aliphatic rings. The Labute approximate surface area is 122 Å². The van der Waals surface area contributed by atoms with Crippen molar-refractivity contribution in [3.05, 3.63) is 81.1 Å². The average molecular weight is 286 g/mol. The van der Waals surface area contributed by atoms with E-state index in [2.05, 4.69) is 6.58 Å². The predicted octanol–water partition coefficient (Wildman–Crippen LogP) is 1.24. The van der Waals surface area contributed by atoms with E-state index in [1.54, 1.807) is 37.3 Å². The van der Waals surface area contributed by atoms with Crippen molar-refractivity contribution in [2.75, 3.05) is 0 Å². The van der Waals surface area contributed by atoms with Crippen LogP contribution in [0.5, 0.6) is 0 Å². The van der Waals surface area contributed by atoms with Crippen molar-refractivity contribution < 1.29 is 5.11 Å². The summed E-state index contributed by atoms with van der Waals surface area (Å²) in [6.45, 7) is 5.49. The number of aryl methyl sites for hydroxylation is 1. The highest BCUT2D eigenvalue weighted by molar-refractivity contribution is 5.17. The number of rotatable bonds is 5. The molecule has 0 aliphatic carbocycles. The first-order valence-corrected chi connectivity index (χ1v) is 6.69. The Morgan fingerprint density at radius 3 is 2.57 bits per heavy atom. The van der Waals surface area contributed by atoms with Crippen LogP contribution >= 0.6 is 0 Å². The summed E-state index contributed by atoms with van der Waals surface area (Å²) in [4.78, 5) is 24.4. The summed E-state index contributed by atoms with van der Waals surface area (Å²) in [5.41, 5.74) is 0.299. The van der Waals surface area contributed by atoms with Crippen LogP contribution in [0.4, 0.5) is 0 Å². The molecule has 0 radical (unpaired) electrons. The van der Waals surface area contributed by atoms with Crippen LogP contribution in [0, 0.1) is 6.92 Å². The van der Waals surface area contributed by atoms with Crippen LogP contribution in [0.2, 0.25) is 0 Å². The molecule has 5 nitrogen and oxygen atoms in total. The lowest BCUT2D eigenvalue weighted by Crippen LogP contribution is -2.41. The van der Waals surface area contributed by atoms with Gasteiger partial charge in [-0.05, 0) is 12.5 Å². The van der Waals surface area contributed by atoms with Crippen molar-refractivity contribution in [1.82, 2.24) is 9.13 Å². The van der Waals surface area contributed by atoms with Gasteiger partial charge in [-0.1, -0.05) is 36.4 Å². The van der Waals surface area contributed by atoms with Crippen molar-refractivity contribution in [3.63, 3.8) is 0 Å². The van der Waals surface area contributed by atoms with Gasteiger partial charge in [0.15, 0.2) is 0 Å². The lowest BCUT2D eigenvalue weighted by molar-refractivity contribution is 0.152. The Bertz CT molecular complexity index is 744. The van der Waals surface area contributed by atoms with Crippen LogP contribution in [-0.2, 0) is 13.1 Å². The van der Waals surface area contributed by atoms with Crippen LogP contribution in [0.15, 0.2) is 58.8 Å². The molecule has 0 amide bonds. The zero-order chi connectivity index (χ0) is 15.4. The fourth-order valence-electron chi connectivity index (χ4n) is 2.18. The summed E-state index contributed by atoms with van der Waals surface area (Å²) in [5, 5.41) is 10.2. The second kappa shape index (κ2) is 6.37. The van der Waals surface area contributed by atoms with E-state index < -0.39 is 11.8 Å². The molecule has 110 valence electrons. The van der Waals surface area contributed by atoms with Crippen molar-refractivity contribution in [2.24, 2.45) is 0 Å². The fourth-order valence-corrected chi connectivity index (χ4v) is 2.18. The molecule has 0 saturated carbocycles. The molecule has 1 N–H and O–H groups in total. The van der Waals surface area contributed by atoms with Gasteiger partial charge in [-0.15, -0.1) is 6.58 Å². The van der Waals surface area contributed by atoms with Gasteiger partial charge in [0, 0.05) is 18.3 Å². The van der Waals surface area contributed by atoms with Gasteiger partial charge in [0.1, 0.15) is 0 Å². The molecule has 1 heterocycles. The van der Waals surface area contributed by atoms with Crippen LogP contribution in [0.3, 0.4) is 0 Å². The normalized spacial score (nSPS) is 12.1. The highest BCUT2D eigenvalue weighted by atomic mass is 16.3. The molecule has 0 spiro atoms. The molecule has 5 heteroatoms. The van der Waals surface area contributed by atoms with Gasteiger partial charge in [-0.2, -0.15) is 0 Å². The van der Waals surface area contributed by atoms with Crippen LogP contribution in [0.25, 0.3) is 0 Å². The first-order valence-electron chi connectivity index (χ1n) is 6.69. The van der Waals surface area contributed by atoms with Crippen LogP contribution in [0.1, 0.15) is 17.2 Å². The quantitative estimate of drug-likeness (QED) is 0.841. The Morgan fingerprint density at radius 2 is 1.95 bits per heavy atom. The lowest BCUT2D eigenvalue weighted by Gasteiger charge is -2.14. The number of benzene rings is 1. The van der Waals surface area contributed by atoms with E-state index in [1.807, 2.05) is 6.07 Å². The topological polar surface area (TPSA) is 64.2 Å². The van der Waals surface area contributed by atoms with Gasteiger partial charge in [-0.3, -0.25) is 13.9 Å². The van der Waals surface area contributed by atoms with Gasteiger partial charge in [0.2, 0.25) is 0 Å². The second-order valence-electron chi connectivity index (χ2n) is 4.88. The van der Waals surface area contributed by atoms with Gasteiger partial charge < -0.3 is 5.11 Å². The summed E-state index contributed by atoms with van der Waals surface area (Å²) in [6, 6.07) is 8.95. The molecule has 0 aliphatic heterocycles. The predicted molar refractivity (Wildman–Crippen MR) is 81.3 cm³/mol. The molecule has 2 rings (SSSR count). The Balaban J connectivity index is 2.42. The van der Waals surface area contributed by atoms with E-state index in [-0.39, 0.29) is 12.1 Å². The molecule has 21 heavy (non-hydrogen) atoms. The largest absolute Gasteiger partial charge is 0.387 e. The molecule has 0 fully saturated rings. The van der Waals surface area contributed by atoms with E-state index in [0.29, 0.717) is 17.7 Å². The monoisotopic (exact) mass is 286 g/mol. The minimum atomic E-state index is -0.907. The zero-order valence-electron chi connectivity index (χ0n) is 11.9. The maximum absolute atomic E-state index is 12.3. The van der Waals surface area contributed by atoms with Crippen molar-refractivity contribution in [3.8, 4) is 0 Å². The molecule has 0 saturated heterocycles. The van der Waals surface area contributed by atoms with Gasteiger partial charge in [0.05, 0.1) is 12.6 Å². The molecule has 1 aromatic carbocycles. The highest BCUT2D eigenvalue weighted by Crippen LogP contribution is 2.12. The number of aliphatic hydroxyl groups is 1. The van der Waals surface area contributed by atoms with Crippen molar-refractivity contribution in [1.29, 1.82) is 0 Å². The molecule has 2 aromatic rings. The minimum absolute atomic E-state index is 0.0689. The third kappa shape index (κ3) is 3.20. The highest BCUT2D eigenvalue weighted by Gasteiger charge is 2.14. The van der Waals surface area contributed by atoms with Gasteiger partial charge in [0.25, 0.3) is 5.56 Å². The SMILES string of the molecule is C=CCn1cc(C)c(=O)n(CC(O)c2ccccc2)c1=O. The Kier molecular flexibility index (Phi) is 4.55. The van der Waals surface area contributed by atoms with E-state index >= 15 is 0 Å². The number of hydrogen-bond donors (Lipinski definition) is 1. The van der Waals surface area contributed by atoms with Crippen molar-refractivity contribution in [2.45, 2.75) is 26.1 Å². The number of aliphatic hydroxyl groups excluding tert-OH is 1. The summed E-state index contributed by atoms with van der Waals surface area (Å²) < 4.78 is 2.47. The van der Waals surface area contributed by atoms with Gasteiger partial charge >= 0.3 is 5.69 Å². The average Bonchev–Trinajstić information content (AvgIpc) is 2.50.